The van der Waals surface area contributed by atoms with Gasteiger partial charge < -0.3 is 9.64 Å². The highest BCUT2D eigenvalue weighted by Crippen LogP contribution is 2.32. The molecule has 1 fully saturated rings. The number of thioether (sulfide) groups is 1. The molecule has 0 aliphatic heterocycles. The molecule has 0 heterocycles. The van der Waals surface area contributed by atoms with Crippen LogP contribution in [0, 0.1) is 11.3 Å². The van der Waals surface area contributed by atoms with Gasteiger partial charge in [-0.25, -0.2) is 0 Å². The summed E-state index contributed by atoms with van der Waals surface area (Å²) in [4.78, 5) is 26.5. The standard InChI is InChI=1S/C18H22N2O3S/c1-20(18(14-19)10-6-3-7-11-18)16(21)12-23-17(22)13-24-15-8-4-2-5-9-15/h2,4-5,8-9H,3,6-7,10-13H2,1H3. The average Bonchev–Trinajstić information content (AvgIpc) is 2.65. The summed E-state index contributed by atoms with van der Waals surface area (Å²) in [5.41, 5.74) is -0.749. The van der Waals surface area contributed by atoms with Gasteiger partial charge in [0.05, 0.1) is 11.8 Å². The Labute approximate surface area is 147 Å². The van der Waals surface area contributed by atoms with Crippen LogP contribution in [0.25, 0.3) is 0 Å². The largest absolute Gasteiger partial charge is 0.455 e. The molecule has 128 valence electrons. The first-order valence-corrected chi connectivity index (χ1v) is 9.07. The first-order chi connectivity index (χ1) is 11.6. The molecule has 1 amide bonds. The Hall–Kier alpha value is -2.00. The van der Waals surface area contributed by atoms with E-state index in [9.17, 15) is 14.9 Å². The molecule has 0 saturated heterocycles. The molecule has 0 radical (unpaired) electrons. The van der Waals surface area contributed by atoms with Crippen molar-refractivity contribution >= 4 is 23.6 Å². The van der Waals surface area contributed by atoms with Crippen molar-refractivity contribution < 1.29 is 14.3 Å². The zero-order valence-electron chi connectivity index (χ0n) is 13.9. The van der Waals surface area contributed by atoms with E-state index in [2.05, 4.69) is 6.07 Å². The molecule has 1 aliphatic rings. The molecule has 0 aromatic heterocycles. The SMILES string of the molecule is CN(C(=O)COC(=O)CSc1ccccc1)C1(C#N)CCCCC1. The summed E-state index contributed by atoms with van der Waals surface area (Å²) >= 11 is 1.37. The van der Waals surface area contributed by atoms with Crippen molar-refractivity contribution in [3.8, 4) is 6.07 Å². The number of ether oxygens (including phenoxy) is 1. The maximum Gasteiger partial charge on any atom is 0.316 e. The summed E-state index contributed by atoms with van der Waals surface area (Å²) in [5, 5.41) is 9.49. The van der Waals surface area contributed by atoms with Crippen LogP contribution < -0.4 is 0 Å². The van der Waals surface area contributed by atoms with Gasteiger partial charge in [-0.1, -0.05) is 37.5 Å². The first-order valence-electron chi connectivity index (χ1n) is 8.09. The number of amides is 1. The molecule has 5 nitrogen and oxygen atoms in total. The monoisotopic (exact) mass is 346 g/mol. The number of rotatable bonds is 6. The maximum atomic E-state index is 12.3. The van der Waals surface area contributed by atoms with Gasteiger partial charge >= 0.3 is 5.97 Å². The number of esters is 1. The fourth-order valence-electron chi connectivity index (χ4n) is 2.84. The van der Waals surface area contributed by atoms with E-state index < -0.39 is 11.5 Å². The highest BCUT2D eigenvalue weighted by Gasteiger charge is 2.38. The van der Waals surface area contributed by atoms with Crippen LogP contribution >= 0.6 is 11.8 Å². The van der Waals surface area contributed by atoms with Crippen molar-refractivity contribution in [2.45, 2.75) is 42.5 Å². The van der Waals surface area contributed by atoms with Crippen molar-refractivity contribution in [3.63, 3.8) is 0 Å². The predicted octanol–water partition coefficient (Wildman–Crippen LogP) is 3.01. The molecular formula is C18H22N2O3S. The van der Waals surface area contributed by atoms with Gasteiger partial charge in [-0.3, -0.25) is 9.59 Å². The number of hydrogen-bond donors (Lipinski definition) is 0. The lowest BCUT2D eigenvalue weighted by molar-refractivity contribution is -0.151. The topological polar surface area (TPSA) is 70.4 Å². The van der Waals surface area contributed by atoms with E-state index >= 15 is 0 Å². The minimum Gasteiger partial charge on any atom is -0.455 e. The molecule has 6 heteroatoms. The van der Waals surface area contributed by atoms with Gasteiger partial charge in [-0.05, 0) is 25.0 Å². The second-order valence-corrected chi connectivity index (χ2v) is 6.97. The number of hydrogen-bond acceptors (Lipinski definition) is 5. The third-order valence-electron chi connectivity index (χ3n) is 4.36. The molecule has 1 aliphatic carbocycles. The van der Waals surface area contributed by atoms with E-state index in [1.165, 1.54) is 16.7 Å². The van der Waals surface area contributed by atoms with Gasteiger partial charge in [0.25, 0.3) is 5.91 Å². The predicted molar refractivity (Wildman–Crippen MR) is 92.3 cm³/mol. The summed E-state index contributed by atoms with van der Waals surface area (Å²) in [6.07, 6.45) is 4.35. The number of carbonyl (C=O) groups excluding carboxylic acids is 2. The summed E-state index contributed by atoms with van der Waals surface area (Å²) in [5.74, 6) is -0.596. The zero-order chi connectivity index (χ0) is 17.4. The molecule has 2 rings (SSSR count). The van der Waals surface area contributed by atoms with Gasteiger partial charge in [0.15, 0.2) is 6.61 Å². The second-order valence-electron chi connectivity index (χ2n) is 5.92. The highest BCUT2D eigenvalue weighted by molar-refractivity contribution is 8.00. The minimum absolute atomic E-state index is 0.157. The van der Waals surface area contributed by atoms with Gasteiger partial charge in [0, 0.05) is 11.9 Å². The number of nitriles is 1. The lowest BCUT2D eigenvalue weighted by Crippen LogP contribution is -2.51. The Balaban J connectivity index is 1.79. The Kier molecular flexibility index (Phi) is 6.68. The van der Waals surface area contributed by atoms with Crippen molar-refractivity contribution in [1.82, 2.24) is 4.90 Å². The molecule has 1 aromatic carbocycles. The Bertz CT molecular complexity index is 606. The van der Waals surface area contributed by atoms with Crippen molar-refractivity contribution in [2.75, 3.05) is 19.4 Å². The third-order valence-corrected chi connectivity index (χ3v) is 5.35. The van der Waals surface area contributed by atoms with E-state index in [1.54, 1.807) is 7.05 Å². The Morgan fingerprint density at radius 1 is 1.25 bits per heavy atom. The van der Waals surface area contributed by atoms with Crippen LogP contribution in [0.1, 0.15) is 32.1 Å². The number of nitrogens with zero attached hydrogens (tertiary/aromatic N) is 2. The summed E-state index contributed by atoms with van der Waals surface area (Å²) in [7, 11) is 1.63. The molecule has 0 N–H and O–H groups in total. The van der Waals surface area contributed by atoms with Crippen LogP contribution in [0.5, 0.6) is 0 Å². The molecule has 24 heavy (non-hydrogen) atoms. The lowest BCUT2D eigenvalue weighted by atomic mass is 9.81. The quantitative estimate of drug-likeness (QED) is 0.585. The van der Waals surface area contributed by atoms with Crippen LogP contribution in [-0.4, -0.2) is 41.7 Å². The lowest BCUT2D eigenvalue weighted by Gasteiger charge is -2.38. The van der Waals surface area contributed by atoms with Gasteiger partial charge in [0.2, 0.25) is 0 Å². The molecule has 1 aromatic rings. The molecular weight excluding hydrogens is 324 g/mol. The van der Waals surface area contributed by atoms with E-state index in [-0.39, 0.29) is 18.3 Å². The van der Waals surface area contributed by atoms with Crippen LogP contribution in [-0.2, 0) is 14.3 Å². The van der Waals surface area contributed by atoms with Crippen LogP contribution in [0.3, 0.4) is 0 Å². The average molecular weight is 346 g/mol. The van der Waals surface area contributed by atoms with Crippen molar-refractivity contribution in [3.05, 3.63) is 30.3 Å². The van der Waals surface area contributed by atoms with Gasteiger partial charge in [0.1, 0.15) is 5.54 Å². The second kappa shape index (κ2) is 8.74. The van der Waals surface area contributed by atoms with E-state index in [0.717, 1.165) is 24.2 Å². The van der Waals surface area contributed by atoms with E-state index in [1.807, 2.05) is 30.3 Å². The van der Waals surface area contributed by atoms with E-state index in [0.29, 0.717) is 12.8 Å². The fourth-order valence-corrected chi connectivity index (χ4v) is 3.55. The van der Waals surface area contributed by atoms with Crippen molar-refractivity contribution in [1.29, 1.82) is 5.26 Å². The molecule has 0 atom stereocenters. The highest BCUT2D eigenvalue weighted by atomic mass is 32.2. The zero-order valence-corrected chi connectivity index (χ0v) is 14.7. The van der Waals surface area contributed by atoms with E-state index in [4.69, 9.17) is 4.74 Å². The maximum absolute atomic E-state index is 12.3. The normalized spacial score (nSPS) is 16.0. The van der Waals surface area contributed by atoms with Crippen LogP contribution in [0.2, 0.25) is 0 Å². The summed E-state index contributed by atoms with van der Waals surface area (Å²) in [6, 6.07) is 11.8. The Morgan fingerprint density at radius 2 is 1.92 bits per heavy atom. The molecule has 0 spiro atoms. The smallest absolute Gasteiger partial charge is 0.316 e. The number of likely N-dealkylation sites (N-methyl/N-ethyl adjacent to an activating group) is 1. The Morgan fingerprint density at radius 3 is 2.54 bits per heavy atom. The van der Waals surface area contributed by atoms with Crippen molar-refractivity contribution in [2.24, 2.45) is 0 Å². The molecule has 0 bridgehead atoms. The summed E-state index contributed by atoms with van der Waals surface area (Å²) in [6.45, 7) is -0.311. The fraction of sp³-hybridized carbons (Fsp3) is 0.500. The summed E-state index contributed by atoms with van der Waals surface area (Å²) < 4.78 is 5.07. The number of carbonyl (C=O) groups is 2. The van der Waals surface area contributed by atoms with Crippen LogP contribution in [0.4, 0.5) is 0 Å². The minimum atomic E-state index is -0.749. The third kappa shape index (κ3) is 4.75. The van der Waals surface area contributed by atoms with Crippen LogP contribution in [0.15, 0.2) is 35.2 Å². The number of benzene rings is 1. The molecule has 0 unspecified atom stereocenters. The van der Waals surface area contributed by atoms with Gasteiger partial charge in [-0.15, -0.1) is 11.8 Å². The molecule has 1 saturated carbocycles. The first kappa shape index (κ1) is 18.3. The van der Waals surface area contributed by atoms with Gasteiger partial charge in [-0.2, -0.15) is 5.26 Å².